The van der Waals surface area contributed by atoms with Crippen molar-refractivity contribution in [2.75, 3.05) is 24.3 Å². The minimum atomic E-state index is -0.499. The lowest BCUT2D eigenvalue weighted by atomic mass is 9.89. The number of nitriles is 1. The van der Waals surface area contributed by atoms with Crippen molar-refractivity contribution >= 4 is 34.3 Å². The first-order valence-electron chi connectivity index (χ1n) is 10.7. The van der Waals surface area contributed by atoms with Crippen LogP contribution in [-0.4, -0.2) is 57.1 Å². The van der Waals surface area contributed by atoms with E-state index in [0.717, 1.165) is 36.4 Å². The molecule has 1 fully saturated rings. The van der Waals surface area contributed by atoms with Gasteiger partial charge >= 0.3 is 6.09 Å². The van der Waals surface area contributed by atoms with E-state index in [1.165, 1.54) is 11.5 Å². The van der Waals surface area contributed by atoms with Crippen molar-refractivity contribution in [2.45, 2.75) is 71.1 Å². The number of rotatable bonds is 5. The average molecular weight is 458 g/mol. The van der Waals surface area contributed by atoms with Gasteiger partial charge in [-0.25, -0.2) is 14.8 Å². The Labute approximate surface area is 193 Å². The van der Waals surface area contributed by atoms with Gasteiger partial charge in [0.25, 0.3) is 0 Å². The fourth-order valence-corrected chi connectivity index (χ4v) is 4.42. The van der Waals surface area contributed by atoms with Crippen LogP contribution in [0.3, 0.4) is 0 Å². The lowest BCUT2D eigenvalue weighted by Crippen LogP contribution is -2.45. The third-order valence-corrected chi connectivity index (χ3v) is 6.34. The van der Waals surface area contributed by atoms with Gasteiger partial charge < -0.3 is 19.9 Å². The minimum Gasteiger partial charge on any atom is -0.444 e. The Morgan fingerprint density at radius 2 is 1.91 bits per heavy atom. The Hall–Kier alpha value is -2.93. The summed E-state index contributed by atoms with van der Waals surface area (Å²) in [6.45, 7) is 7.55. The number of amides is 1. The molecule has 1 N–H and O–H groups in total. The molecule has 1 aliphatic rings. The number of hydrogen-bond donors (Lipinski definition) is 1. The third kappa shape index (κ3) is 5.85. The van der Waals surface area contributed by atoms with Crippen LogP contribution in [-0.2, 0) is 4.74 Å². The highest BCUT2D eigenvalue weighted by Crippen LogP contribution is 2.30. The van der Waals surface area contributed by atoms with Gasteiger partial charge in [-0.05, 0) is 71.0 Å². The highest BCUT2D eigenvalue weighted by atomic mass is 32.1. The molecule has 0 atom stereocenters. The van der Waals surface area contributed by atoms with E-state index in [1.807, 2.05) is 47.9 Å². The smallest absolute Gasteiger partial charge is 0.410 e. The Morgan fingerprint density at radius 1 is 1.25 bits per heavy atom. The highest BCUT2D eigenvalue weighted by molar-refractivity contribution is 7.10. The largest absolute Gasteiger partial charge is 0.444 e. The van der Waals surface area contributed by atoms with Gasteiger partial charge in [-0.3, -0.25) is 0 Å². The van der Waals surface area contributed by atoms with Gasteiger partial charge in [0.15, 0.2) is 11.5 Å². The molecule has 9 nitrogen and oxygen atoms in total. The molecule has 3 rings (SSSR count). The molecular formula is C22H31N7O2S. The van der Waals surface area contributed by atoms with E-state index >= 15 is 0 Å². The molecule has 0 bridgehead atoms. The van der Waals surface area contributed by atoms with E-state index in [4.69, 9.17) is 4.74 Å². The molecule has 10 heteroatoms. The van der Waals surface area contributed by atoms with Crippen LogP contribution in [0.1, 0.15) is 57.8 Å². The normalized spacial score (nSPS) is 18.5. The molecule has 172 valence electrons. The van der Waals surface area contributed by atoms with Gasteiger partial charge in [-0.2, -0.15) is 9.64 Å². The van der Waals surface area contributed by atoms with Crippen molar-refractivity contribution in [3.05, 3.63) is 23.7 Å². The van der Waals surface area contributed by atoms with Gasteiger partial charge in [0.1, 0.15) is 22.5 Å². The van der Waals surface area contributed by atoms with E-state index in [-0.39, 0.29) is 23.9 Å². The molecule has 1 amide bonds. The number of nitrogens with zero attached hydrogens (tertiary/aromatic N) is 6. The highest BCUT2D eigenvalue weighted by Gasteiger charge is 2.31. The summed E-state index contributed by atoms with van der Waals surface area (Å²) in [5.41, 5.74) is 0.655. The Kier molecular flexibility index (Phi) is 7.19. The summed E-state index contributed by atoms with van der Waals surface area (Å²) in [5.74, 6) is 1.13. The van der Waals surface area contributed by atoms with Crippen molar-refractivity contribution in [1.82, 2.24) is 19.2 Å². The average Bonchev–Trinajstić information content (AvgIpc) is 3.16. The zero-order valence-electron chi connectivity index (χ0n) is 19.5. The Bertz CT molecular complexity index is 987. The second-order valence-corrected chi connectivity index (χ2v) is 9.96. The molecule has 0 saturated heterocycles. The number of ether oxygens (including phenoxy) is 1. The van der Waals surface area contributed by atoms with Crippen LogP contribution in [0.5, 0.6) is 0 Å². The number of anilines is 3. The van der Waals surface area contributed by atoms with E-state index in [0.29, 0.717) is 11.6 Å². The van der Waals surface area contributed by atoms with Crippen molar-refractivity contribution < 1.29 is 9.53 Å². The number of hydrogen-bond acceptors (Lipinski definition) is 9. The number of aromatic nitrogens is 3. The molecule has 32 heavy (non-hydrogen) atoms. The SMILES string of the molecule is Cc1cc(Nc2nc(N(C)[C@H]3CC[C@H](N(C)C(=O)OC(C)(C)C)CC3)cnc2C#N)sn1. The Balaban J connectivity index is 1.64. The van der Waals surface area contributed by atoms with E-state index in [2.05, 4.69) is 30.6 Å². The molecule has 2 heterocycles. The van der Waals surface area contributed by atoms with Gasteiger partial charge in [0.05, 0.1) is 11.9 Å². The predicted molar refractivity (Wildman–Crippen MR) is 125 cm³/mol. The summed E-state index contributed by atoms with van der Waals surface area (Å²) >= 11 is 1.32. The van der Waals surface area contributed by atoms with Gasteiger partial charge in [-0.15, -0.1) is 0 Å². The maximum atomic E-state index is 12.4. The number of aryl methyl sites for hydroxylation is 1. The second kappa shape index (κ2) is 9.69. The third-order valence-electron chi connectivity index (χ3n) is 5.54. The number of carbonyl (C=O) groups excluding carboxylic acids is 1. The minimum absolute atomic E-state index is 0.161. The van der Waals surface area contributed by atoms with Gasteiger partial charge in [0.2, 0.25) is 0 Å². The zero-order valence-corrected chi connectivity index (χ0v) is 20.4. The summed E-state index contributed by atoms with van der Waals surface area (Å²) < 4.78 is 9.76. The van der Waals surface area contributed by atoms with Crippen LogP contribution < -0.4 is 10.2 Å². The fraction of sp³-hybridized carbons (Fsp3) is 0.591. The van der Waals surface area contributed by atoms with E-state index in [1.54, 1.807) is 11.1 Å². The summed E-state index contributed by atoms with van der Waals surface area (Å²) in [4.78, 5) is 25.2. The van der Waals surface area contributed by atoms with Crippen LogP contribution in [0.25, 0.3) is 0 Å². The molecule has 0 unspecified atom stereocenters. The monoisotopic (exact) mass is 457 g/mol. The van der Waals surface area contributed by atoms with Crippen molar-refractivity contribution in [2.24, 2.45) is 0 Å². The Morgan fingerprint density at radius 3 is 2.47 bits per heavy atom. The first-order chi connectivity index (χ1) is 15.1. The maximum absolute atomic E-state index is 12.4. The first kappa shape index (κ1) is 23.7. The standard InChI is InChI=1S/C22H31N7O2S/c1-14-11-19(32-27-14)26-20-17(12-23)24-13-18(25-20)28(5)15-7-9-16(10-8-15)29(6)21(30)31-22(2,3)4/h11,13,15-16H,7-10H2,1-6H3,(H,25,26)/t15-,16-. The number of carbonyl (C=O) groups is 1. The molecule has 0 spiro atoms. The lowest BCUT2D eigenvalue weighted by Gasteiger charge is -2.38. The molecule has 2 aromatic heterocycles. The molecular weight excluding hydrogens is 426 g/mol. The summed E-state index contributed by atoms with van der Waals surface area (Å²) in [5, 5.41) is 13.4. The molecule has 0 aromatic carbocycles. The van der Waals surface area contributed by atoms with E-state index < -0.39 is 5.60 Å². The second-order valence-electron chi connectivity index (χ2n) is 9.16. The molecule has 0 aliphatic heterocycles. The van der Waals surface area contributed by atoms with Crippen molar-refractivity contribution in [1.29, 1.82) is 5.26 Å². The first-order valence-corrected chi connectivity index (χ1v) is 11.5. The molecule has 0 radical (unpaired) electrons. The fourth-order valence-electron chi connectivity index (χ4n) is 3.76. The van der Waals surface area contributed by atoms with Gasteiger partial charge in [-0.1, -0.05) is 0 Å². The topological polar surface area (TPSA) is 107 Å². The predicted octanol–water partition coefficient (Wildman–Crippen LogP) is 4.47. The lowest BCUT2D eigenvalue weighted by molar-refractivity contribution is 0.0183. The maximum Gasteiger partial charge on any atom is 0.410 e. The summed E-state index contributed by atoms with van der Waals surface area (Å²) in [6.07, 6.45) is 4.99. The summed E-state index contributed by atoms with van der Waals surface area (Å²) in [7, 11) is 3.81. The zero-order chi connectivity index (χ0) is 23.5. The molecule has 2 aromatic rings. The van der Waals surface area contributed by atoms with Crippen LogP contribution in [0.4, 0.5) is 21.4 Å². The molecule has 1 saturated carbocycles. The summed E-state index contributed by atoms with van der Waals surface area (Å²) in [6, 6.07) is 4.44. The van der Waals surface area contributed by atoms with Gasteiger partial charge in [0, 0.05) is 26.2 Å². The quantitative estimate of drug-likeness (QED) is 0.701. The van der Waals surface area contributed by atoms with Crippen LogP contribution in [0.15, 0.2) is 12.3 Å². The van der Waals surface area contributed by atoms with Crippen molar-refractivity contribution in [3.8, 4) is 6.07 Å². The van der Waals surface area contributed by atoms with Crippen LogP contribution in [0, 0.1) is 18.3 Å². The van der Waals surface area contributed by atoms with Crippen molar-refractivity contribution in [3.63, 3.8) is 0 Å². The van der Waals surface area contributed by atoms with Crippen LogP contribution in [0.2, 0.25) is 0 Å². The molecule has 1 aliphatic carbocycles. The van der Waals surface area contributed by atoms with E-state index in [9.17, 15) is 10.1 Å². The van der Waals surface area contributed by atoms with Crippen LogP contribution >= 0.6 is 11.5 Å². The number of nitrogens with one attached hydrogen (secondary N) is 1.